The molecule has 0 unspecified atom stereocenters. The molecule has 1 aromatic carbocycles. The third-order valence-electron chi connectivity index (χ3n) is 2.60. The number of rotatable bonds is 3. The molecule has 0 fully saturated rings. The molecule has 0 radical (unpaired) electrons. The first-order valence-electron chi connectivity index (χ1n) is 5.59. The third-order valence-corrected chi connectivity index (χ3v) is 3.50. The Kier molecular flexibility index (Phi) is 2.96. The molecular formula is C12H10N2O5S. The van der Waals surface area contributed by atoms with E-state index in [4.69, 9.17) is 19.3 Å². The Morgan fingerprint density at radius 1 is 1.15 bits per heavy atom. The zero-order valence-electron chi connectivity index (χ0n) is 10.1. The number of hydrogen-bond acceptors (Lipinski definition) is 6. The molecule has 1 aliphatic heterocycles. The van der Waals surface area contributed by atoms with E-state index in [0.717, 1.165) is 6.20 Å². The number of fused-ring (bicyclic) bond motifs is 1. The van der Waals surface area contributed by atoms with E-state index in [0.29, 0.717) is 17.2 Å². The highest BCUT2D eigenvalue weighted by Gasteiger charge is 2.14. The first-order valence-corrected chi connectivity index (χ1v) is 7.13. The molecule has 0 amide bonds. The summed E-state index contributed by atoms with van der Waals surface area (Å²) in [7, 11) is -3.76. The lowest BCUT2D eigenvalue weighted by molar-refractivity contribution is 0.174. The lowest BCUT2D eigenvalue weighted by atomic mass is 10.3. The molecule has 0 aliphatic carbocycles. The highest BCUT2D eigenvalue weighted by molar-refractivity contribution is 7.89. The Labute approximate surface area is 115 Å². The lowest BCUT2D eigenvalue weighted by Gasteiger charge is -2.06. The van der Waals surface area contributed by atoms with Crippen molar-refractivity contribution in [1.29, 1.82) is 0 Å². The van der Waals surface area contributed by atoms with Crippen LogP contribution in [-0.2, 0) is 10.0 Å². The van der Waals surface area contributed by atoms with Crippen LogP contribution in [0.1, 0.15) is 0 Å². The van der Waals surface area contributed by atoms with Crippen LogP contribution in [0, 0.1) is 0 Å². The number of primary sulfonamides is 1. The van der Waals surface area contributed by atoms with Gasteiger partial charge in [0.25, 0.3) is 0 Å². The van der Waals surface area contributed by atoms with Crippen LogP contribution in [0.15, 0.2) is 41.4 Å². The minimum Gasteiger partial charge on any atom is -0.454 e. The molecule has 0 saturated heterocycles. The van der Waals surface area contributed by atoms with Gasteiger partial charge in [-0.2, -0.15) is 0 Å². The maximum Gasteiger partial charge on any atom is 0.239 e. The van der Waals surface area contributed by atoms with E-state index in [-0.39, 0.29) is 17.6 Å². The molecule has 2 aromatic rings. The maximum atomic E-state index is 11.1. The Balaban J connectivity index is 1.81. The van der Waals surface area contributed by atoms with Crippen molar-refractivity contribution in [2.75, 3.05) is 6.79 Å². The number of ether oxygens (including phenoxy) is 3. The largest absolute Gasteiger partial charge is 0.454 e. The second kappa shape index (κ2) is 4.66. The molecule has 8 heteroatoms. The van der Waals surface area contributed by atoms with Gasteiger partial charge in [0.1, 0.15) is 10.6 Å². The molecule has 0 atom stereocenters. The first-order chi connectivity index (χ1) is 9.52. The number of sulfonamides is 1. The molecule has 104 valence electrons. The van der Waals surface area contributed by atoms with Crippen molar-refractivity contribution in [2.45, 2.75) is 4.90 Å². The molecule has 1 aliphatic rings. The zero-order chi connectivity index (χ0) is 14.2. The fourth-order valence-electron chi connectivity index (χ4n) is 1.66. The molecule has 0 saturated carbocycles. The van der Waals surface area contributed by atoms with Crippen molar-refractivity contribution in [3.8, 4) is 23.1 Å². The fraction of sp³-hybridized carbons (Fsp3) is 0.0833. The standard InChI is InChI=1S/C12H10N2O5S/c13-20(15,16)9-2-4-12(14-6-9)19-8-1-3-10-11(5-8)18-7-17-10/h1-6H,7H2,(H2,13,15,16). The Morgan fingerprint density at radius 3 is 2.65 bits per heavy atom. The van der Waals surface area contributed by atoms with Gasteiger partial charge in [0.15, 0.2) is 11.5 Å². The summed E-state index contributed by atoms with van der Waals surface area (Å²) < 4.78 is 38.1. The lowest BCUT2D eigenvalue weighted by Crippen LogP contribution is -2.12. The van der Waals surface area contributed by atoms with Crippen molar-refractivity contribution in [3.63, 3.8) is 0 Å². The minimum atomic E-state index is -3.76. The predicted octanol–water partition coefficient (Wildman–Crippen LogP) is 1.25. The van der Waals surface area contributed by atoms with Crippen molar-refractivity contribution < 1.29 is 22.6 Å². The molecule has 20 heavy (non-hydrogen) atoms. The third kappa shape index (κ3) is 2.51. The van der Waals surface area contributed by atoms with Gasteiger partial charge < -0.3 is 14.2 Å². The summed E-state index contributed by atoms with van der Waals surface area (Å²) in [5.41, 5.74) is 0. The molecule has 2 heterocycles. The van der Waals surface area contributed by atoms with Crippen LogP contribution in [0.5, 0.6) is 23.1 Å². The number of benzene rings is 1. The van der Waals surface area contributed by atoms with Gasteiger partial charge in [0.05, 0.1) is 6.20 Å². The van der Waals surface area contributed by atoms with Gasteiger partial charge in [-0.25, -0.2) is 18.5 Å². The number of pyridine rings is 1. The molecule has 0 spiro atoms. The number of nitrogens with two attached hydrogens (primary N) is 1. The summed E-state index contributed by atoms with van der Waals surface area (Å²) in [6.07, 6.45) is 1.14. The average Bonchev–Trinajstić information content (AvgIpc) is 2.86. The minimum absolute atomic E-state index is 0.0736. The molecular weight excluding hydrogens is 284 g/mol. The van der Waals surface area contributed by atoms with Crippen molar-refractivity contribution in [3.05, 3.63) is 36.5 Å². The normalized spacial score (nSPS) is 13.2. The van der Waals surface area contributed by atoms with E-state index in [1.54, 1.807) is 18.2 Å². The molecule has 7 nitrogen and oxygen atoms in total. The summed E-state index contributed by atoms with van der Waals surface area (Å²) in [5.74, 6) is 1.99. The van der Waals surface area contributed by atoms with Crippen LogP contribution in [0.2, 0.25) is 0 Å². The highest BCUT2D eigenvalue weighted by atomic mass is 32.2. The molecule has 3 rings (SSSR count). The van der Waals surface area contributed by atoms with E-state index in [1.807, 2.05) is 0 Å². The topological polar surface area (TPSA) is 101 Å². The summed E-state index contributed by atoms with van der Waals surface area (Å²) in [4.78, 5) is 3.81. The van der Waals surface area contributed by atoms with Crippen LogP contribution in [0.25, 0.3) is 0 Å². The summed E-state index contributed by atoms with van der Waals surface area (Å²) in [6, 6.07) is 7.83. The van der Waals surface area contributed by atoms with Gasteiger partial charge in [-0.15, -0.1) is 0 Å². The van der Waals surface area contributed by atoms with Gasteiger partial charge >= 0.3 is 0 Å². The number of hydrogen-bond donors (Lipinski definition) is 1. The van der Waals surface area contributed by atoms with Crippen LogP contribution < -0.4 is 19.3 Å². The smallest absolute Gasteiger partial charge is 0.239 e. The quantitative estimate of drug-likeness (QED) is 0.914. The second-order valence-corrected chi connectivity index (χ2v) is 5.56. The Bertz CT molecular complexity index is 743. The van der Waals surface area contributed by atoms with Crippen LogP contribution in [-0.4, -0.2) is 20.2 Å². The monoisotopic (exact) mass is 294 g/mol. The van der Waals surface area contributed by atoms with Gasteiger partial charge in [0, 0.05) is 12.1 Å². The Morgan fingerprint density at radius 2 is 1.95 bits per heavy atom. The van der Waals surface area contributed by atoms with E-state index in [1.165, 1.54) is 12.1 Å². The summed E-state index contributed by atoms with van der Waals surface area (Å²) in [6.45, 7) is 0.181. The molecule has 1 aromatic heterocycles. The van der Waals surface area contributed by atoms with Crippen LogP contribution >= 0.6 is 0 Å². The number of nitrogens with zero attached hydrogens (tertiary/aromatic N) is 1. The molecule has 0 bridgehead atoms. The second-order valence-electron chi connectivity index (χ2n) is 3.99. The van der Waals surface area contributed by atoms with Crippen LogP contribution in [0.4, 0.5) is 0 Å². The molecule has 2 N–H and O–H groups in total. The zero-order valence-corrected chi connectivity index (χ0v) is 11.0. The predicted molar refractivity (Wildman–Crippen MR) is 68.2 cm³/mol. The van der Waals surface area contributed by atoms with Gasteiger partial charge in [-0.05, 0) is 18.2 Å². The van der Waals surface area contributed by atoms with Gasteiger partial charge in [0.2, 0.25) is 22.7 Å². The summed E-state index contributed by atoms with van der Waals surface area (Å²) in [5, 5.41) is 4.98. The Hall–Kier alpha value is -2.32. The fourth-order valence-corrected chi connectivity index (χ4v) is 2.11. The van der Waals surface area contributed by atoms with E-state index in [2.05, 4.69) is 4.98 Å². The van der Waals surface area contributed by atoms with Crippen molar-refractivity contribution in [2.24, 2.45) is 5.14 Å². The van der Waals surface area contributed by atoms with Crippen molar-refractivity contribution >= 4 is 10.0 Å². The van der Waals surface area contributed by atoms with E-state index >= 15 is 0 Å². The van der Waals surface area contributed by atoms with Crippen molar-refractivity contribution in [1.82, 2.24) is 4.98 Å². The highest BCUT2D eigenvalue weighted by Crippen LogP contribution is 2.36. The van der Waals surface area contributed by atoms with Gasteiger partial charge in [-0.1, -0.05) is 0 Å². The number of aromatic nitrogens is 1. The summed E-state index contributed by atoms with van der Waals surface area (Å²) >= 11 is 0. The van der Waals surface area contributed by atoms with Crippen LogP contribution in [0.3, 0.4) is 0 Å². The van der Waals surface area contributed by atoms with E-state index < -0.39 is 10.0 Å². The first kappa shape index (κ1) is 12.7. The average molecular weight is 294 g/mol. The maximum absolute atomic E-state index is 11.1. The van der Waals surface area contributed by atoms with E-state index in [9.17, 15) is 8.42 Å². The van der Waals surface area contributed by atoms with Gasteiger partial charge in [-0.3, -0.25) is 0 Å². The SMILES string of the molecule is NS(=O)(=O)c1ccc(Oc2ccc3c(c2)OCO3)nc1.